The minimum absolute atomic E-state index is 0.213. The van der Waals surface area contributed by atoms with Gasteiger partial charge >= 0.3 is 13.2 Å². The van der Waals surface area contributed by atoms with Gasteiger partial charge in [-0.05, 0) is 54.5 Å². The zero-order chi connectivity index (χ0) is 21.2. The highest BCUT2D eigenvalue weighted by atomic mass is 16.7. The molecule has 1 amide bonds. The van der Waals surface area contributed by atoms with Crippen LogP contribution in [0.1, 0.15) is 48.5 Å². The van der Waals surface area contributed by atoms with Crippen LogP contribution in [-0.2, 0) is 14.0 Å². The Morgan fingerprint density at radius 3 is 2.24 bits per heavy atom. The lowest BCUT2D eigenvalue weighted by Gasteiger charge is -2.32. The SMILES string of the molecule is CC(C)(C)OC(=O)N[C@H]1[C@@H]2CN(c3ccc(B4OC(C)(C)C(C)(C)O4)cn3)C[C@@H]21. The van der Waals surface area contributed by atoms with E-state index in [1.54, 1.807) is 0 Å². The lowest BCUT2D eigenvalue weighted by Crippen LogP contribution is -2.41. The second-order valence-electron chi connectivity index (χ2n) is 10.4. The third kappa shape index (κ3) is 3.97. The predicted molar refractivity (Wildman–Crippen MR) is 112 cm³/mol. The molecule has 1 aromatic heterocycles. The summed E-state index contributed by atoms with van der Waals surface area (Å²) in [7, 11) is -0.393. The Morgan fingerprint density at radius 2 is 1.76 bits per heavy atom. The van der Waals surface area contributed by atoms with Crippen molar-refractivity contribution < 1.29 is 18.8 Å². The quantitative estimate of drug-likeness (QED) is 0.784. The van der Waals surface area contributed by atoms with Crippen molar-refractivity contribution in [3.63, 3.8) is 0 Å². The second-order valence-corrected chi connectivity index (χ2v) is 10.4. The molecule has 0 aromatic carbocycles. The molecule has 8 heteroatoms. The van der Waals surface area contributed by atoms with Crippen LogP contribution in [0, 0.1) is 11.8 Å². The highest BCUT2D eigenvalue weighted by Gasteiger charge is 2.57. The smallest absolute Gasteiger partial charge is 0.444 e. The first-order valence-electron chi connectivity index (χ1n) is 10.4. The number of hydrogen-bond acceptors (Lipinski definition) is 6. The molecule has 2 saturated heterocycles. The van der Waals surface area contributed by atoms with Gasteiger partial charge in [0.15, 0.2) is 0 Å². The number of alkyl carbamates (subject to hydrolysis) is 1. The number of fused-ring (bicyclic) bond motifs is 1. The van der Waals surface area contributed by atoms with Gasteiger partial charge in [-0.25, -0.2) is 9.78 Å². The first-order chi connectivity index (χ1) is 13.4. The summed E-state index contributed by atoms with van der Waals surface area (Å²) in [6.07, 6.45) is 1.52. The summed E-state index contributed by atoms with van der Waals surface area (Å²) in [5.74, 6) is 1.88. The normalized spacial score (nSPS) is 29.6. The fourth-order valence-corrected chi connectivity index (χ4v) is 4.07. The van der Waals surface area contributed by atoms with E-state index in [0.717, 1.165) is 24.4 Å². The van der Waals surface area contributed by atoms with Crippen molar-refractivity contribution >= 4 is 24.5 Å². The van der Waals surface area contributed by atoms with Gasteiger partial charge < -0.3 is 24.3 Å². The van der Waals surface area contributed by atoms with E-state index in [4.69, 9.17) is 14.0 Å². The zero-order valence-electron chi connectivity index (χ0n) is 18.5. The fraction of sp³-hybridized carbons (Fsp3) is 0.714. The van der Waals surface area contributed by atoms with Crippen LogP contribution in [0.2, 0.25) is 0 Å². The van der Waals surface area contributed by atoms with Crippen molar-refractivity contribution in [3.8, 4) is 0 Å². The Bertz CT molecular complexity index is 762. The number of aromatic nitrogens is 1. The summed E-state index contributed by atoms with van der Waals surface area (Å²) in [4.78, 5) is 18.9. The highest BCUT2D eigenvalue weighted by Crippen LogP contribution is 2.46. The summed E-state index contributed by atoms with van der Waals surface area (Å²) in [6, 6.07) is 4.27. The molecule has 0 unspecified atom stereocenters. The van der Waals surface area contributed by atoms with Crippen LogP contribution >= 0.6 is 0 Å². The van der Waals surface area contributed by atoms with Gasteiger partial charge in [0.05, 0.1) is 11.2 Å². The average Bonchev–Trinajstić information content (AvgIpc) is 2.94. The van der Waals surface area contributed by atoms with Gasteiger partial charge in [-0.1, -0.05) is 6.07 Å². The molecule has 4 rings (SSSR count). The van der Waals surface area contributed by atoms with Crippen molar-refractivity contribution in [3.05, 3.63) is 18.3 Å². The van der Waals surface area contributed by atoms with E-state index in [0.29, 0.717) is 11.8 Å². The zero-order valence-corrected chi connectivity index (χ0v) is 18.5. The summed E-state index contributed by atoms with van der Waals surface area (Å²) in [6.45, 7) is 15.6. The van der Waals surface area contributed by atoms with E-state index < -0.39 is 12.7 Å². The first kappa shape index (κ1) is 20.5. The topological polar surface area (TPSA) is 72.9 Å². The molecule has 3 aliphatic rings. The number of nitrogens with zero attached hydrogens (tertiary/aromatic N) is 2. The molecule has 0 bridgehead atoms. The van der Waals surface area contributed by atoms with Gasteiger partial charge in [0.1, 0.15) is 11.4 Å². The number of anilines is 1. The van der Waals surface area contributed by atoms with Crippen molar-refractivity contribution in [2.24, 2.45) is 11.8 Å². The van der Waals surface area contributed by atoms with Crippen LogP contribution in [0.15, 0.2) is 18.3 Å². The molecule has 2 aliphatic heterocycles. The van der Waals surface area contributed by atoms with E-state index >= 15 is 0 Å². The van der Waals surface area contributed by atoms with Crippen LogP contribution in [0.5, 0.6) is 0 Å². The van der Waals surface area contributed by atoms with Crippen molar-refractivity contribution in [2.45, 2.75) is 71.3 Å². The molecule has 7 nitrogen and oxygen atoms in total. The van der Waals surface area contributed by atoms with Crippen LogP contribution in [0.4, 0.5) is 10.6 Å². The molecule has 1 aromatic rings. The van der Waals surface area contributed by atoms with Crippen LogP contribution in [0.25, 0.3) is 0 Å². The van der Waals surface area contributed by atoms with Gasteiger partial charge in [0.25, 0.3) is 0 Å². The standard InChI is InChI=1S/C21H32BN3O4/c1-19(2,3)27-18(26)24-17-14-11-25(12-15(14)17)16-9-8-13(10-23-16)22-28-20(4,5)21(6,7)29-22/h8-10,14-15,17H,11-12H2,1-7H3,(H,24,26)/t14-,15+,17+. The molecule has 1 saturated carbocycles. The molecule has 1 N–H and O–H groups in total. The number of carbonyl (C=O) groups excluding carboxylic acids is 1. The monoisotopic (exact) mass is 401 g/mol. The number of nitrogens with one attached hydrogen (secondary N) is 1. The first-order valence-corrected chi connectivity index (χ1v) is 10.4. The molecule has 1 aliphatic carbocycles. The Balaban J connectivity index is 1.31. The number of rotatable bonds is 3. The van der Waals surface area contributed by atoms with Gasteiger partial charge in [-0.2, -0.15) is 0 Å². The molecule has 3 atom stereocenters. The lowest BCUT2D eigenvalue weighted by atomic mass is 9.80. The van der Waals surface area contributed by atoms with E-state index in [1.165, 1.54) is 0 Å². The van der Waals surface area contributed by atoms with Gasteiger partial charge in [-0.3, -0.25) is 0 Å². The largest absolute Gasteiger partial charge is 0.496 e. The van der Waals surface area contributed by atoms with Gasteiger partial charge in [0, 0.05) is 42.6 Å². The van der Waals surface area contributed by atoms with E-state index in [9.17, 15) is 4.79 Å². The maximum atomic E-state index is 12.0. The van der Waals surface area contributed by atoms with Crippen LogP contribution < -0.4 is 15.7 Å². The van der Waals surface area contributed by atoms with E-state index in [2.05, 4.69) is 15.2 Å². The number of pyridine rings is 1. The van der Waals surface area contributed by atoms with Crippen molar-refractivity contribution in [1.29, 1.82) is 0 Å². The molecular weight excluding hydrogens is 369 g/mol. The van der Waals surface area contributed by atoms with E-state index in [-0.39, 0.29) is 23.3 Å². The summed E-state index contributed by atoms with van der Waals surface area (Å²) in [5.41, 5.74) is -0.254. The van der Waals surface area contributed by atoms with Crippen molar-refractivity contribution in [1.82, 2.24) is 10.3 Å². The predicted octanol–water partition coefficient (Wildman–Crippen LogP) is 2.34. The molecule has 29 heavy (non-hydrogen) atoms. The van der Waals surface area contributed by atoms with Crippen molar-refractivity contribution in [2.75, 3.05) is 18.0 Å². The molecule has 158 valence electrons. The Hall–Kier alpha value is -1.80. The molecule has 0 spiro atoms. The molecule has 3 heterocycles. The second kappa shape index (κ2) is 6.60. The fourth-order valence-electron chi connectivity index (χ4n) is 4.07. The summed E-state index contributed by atoms with van der Waals surface area (Å²) < 4.78 is 17.6. The summed E-state index contributed by atoms with van der Waals surface area (Å²) in [5, 5.41) is 3.00. The maximum absolute atomic E-state index is 12.0. The number of hydrogen-bond donors (Lipinski definition) is 1. The van der Waals surface area contributed by atoms with Gasteiger partial charge in [-0.15, -0.1) is 0 Å². The molecule has 0 radical (unpaired) electrons. The van der Waals surface area contributed by atoms with Crippen LogP contribution in [0.3, 0.4) is 0 Å². The van der Waals surface area contributed by atoms with Crippen LogP contribution in [-0.4, -0.2) is 54.1 Å². The Labute approximate surface area is 173 Å². The van der Waals surface area contributed by atoms with E-state index in [1.807, 2.05) is 66.8 Å². The Morgan fingerprint density at radius 1 is 1.17 bits per heavy atom. The molecule has 3 fully saturated rings. The number of amides is 1. The number of carbonyl (C=O) groups is 1. The number of ether oxygens (including phenoxy) is 1. The maximum Gasteiger partial charge on any atom is 0.496 e. The lowest BCUT2D eigenvalue weighted by molar-refractivity contribution is 0.00578. The number of piperidine rings is 1. The minimum atomic E-state index is -0.469. The van der Waals surface area contributed by atoms with Gasteiger partial charge in [0.2, 0.25) is 0 Å². The Kier molecular flexibility index (Phi) is 4.66. The minimum Gasteiger partial charge on any atom is -0.444 e. The summed E-state index contributed by atoms with van der Waals surface area (Å²) >= 11 is 0. The third-order valence-corrected chi connectivity index (χ3v) is 6.50. The average molecular weight is 401 g/mol. The third-order valence-electron chi connectivity index (χ3n) is 6.50. The highest BCUT2D eigenvalue weighted by molar-refractivity contribution is 6.62. The molecular formula is C21H32BN3O4.